The van der Waals surface area contributed by atoms with E-state index in [0.29, 0.717) is 11.6 Å². The predicted octanol–water partition coefficient (Wildman–Crippen LogP) is 1.56. The molecule has 0 radical (unpaired) electrons. The fourth-order valence-corrected chi connectivity index (χ4v) is 1.98. The van der Waals surface area contributed by atoms with Gasteiger partial charge in [-0.3, -0.25) is 9.59 Å². The highest BCUT2D eigenvalue weighted by atomic mass is 16.5. The van der Waals surface area contributed by atoms with Crippen LogP contribution in [-0.4, -0.2) is 30.1 Å². The lowest BCUT2D eigenvalue weighted by atomic mass is 10.0. The van der Waals surface area contributed by atoms with Gasteiger partial charge in [0.25, 0.3) is 5.91 Å². The second kappa shape index (κ2) is 7.53. The first kappa shape index (κ1) is 16.7. The molecule has 1 aromatic rings. The molecule has 0 fully saturated rings. The van der Waals surface area contributed by atoms with Crippen molar-refractivity contribution in [3.63, 3.8) is 0 Å². The quantitative estimate of drug-likeness (QED) is 0.805. The Labute approximate surface area is 134 Å². The molecule has 0 aromatic heterocycles. The number of hydrogen-bond acceptors (Lipinski definition) is 5. The fraction of sp³-hybridized carbons (Fsp3) is 0.375. The third-order valence-corrected chi connectivity index (χ3v) is 3.34. The summed E-state index contributed by atoms with van der Waals surface area (Å²) in [7, 11) is 0. The summed E-state index contributed by atoms with van der Waals surface area (Å²) in [6.07, 6.45) is 0.394. The number of nitrogens with zero attached hydrogens (tertiary/aromatic N) is 1. The first-order chi connectivity index (χ1) is 11.0. The Morgan fingerprint density at radius 1 is 1.26 bits per heavy atom. The molecule has 0 unspecified atom stereocenters. The van der Waals surface area contributed by atoms with Crippen molar-refractivity contribution < 1.29 is 19.1 Å². The molecule has 1 aliphatic heterocycles. The van der Waals surface area contributed by atoms with Crippen LogP contribution >= 0.6 is 0 Å². The van der Waals surface area contributed by atoms with Crippen LogP contribution in [0.25, 0.3) is 0 Å². The first-order valence-electron chi connectivity index (χ1n) is 7.38. The summed E-state index contributed by atoms with van der Waals surface area (Å²) < 4.78 is 4.88. The highest BCUT2D eigenvalue weighted by molar-refractivity contribution is 6.37. The number of amides is 2. The van der Waals surface area contributed by atoms with Gasteiger partial charge in [0.05, 0.1) is 0 Å². The minimum Gasteiger partial charge on any atom is -0.451 e. The van der Waals surface area contributed by atoms with Crippen LogP contribution in [0.1, 0.15) is 38.2 Å². The molecule has 2 N–H and O–H groups in total. The van der Waals surface area contributed by atoms with E-state index in [9.17, 15) is 14.4 Å². The van der Waals surface area contributed by atoms with E-state index in [0.717, 1.165) is 0 Å². The van der Waals surface area contributed by atoms with Crippen LogP contribution in [-0.2, 0) is 19.1 Å². The lowest BCUT2D eigenvalue weighted by Gasteiger charge is -2.11. The Kier molecular flexibility index (Phi) is 5.46. The molecular formula is C16H19N3O4. The first-order valence-corrected chi connectivity index (χ1v) is 7.38. The van der Waals surface area contributed by atoms with Gasteiger partial charge in [0.15, 0.2) is 6.61 Å². The van der Waals surface area contributed by atoms with Crippen molar-refractivity contribution in [2.24, 2.45) is 5.10 Å². The zero-order valence-electron chi connectivity index (χ0n) is 13.1. The predicted molar refractivity (Wildman–Crippen MR) is 84.9 cm³/mol. The molecule has 0 atom stereocenters. The van der Waals surface area contributed by atoms with Crippen LogP contribution in [0.3, 0.4) is 0 Å². The minimum atomic E-state index is -0.699. The number of nitrogens with one attached hydrogen (secondary N) is 2. The van der Waals surface area contributed by atoms with Crippen molar-refractivity contribution in [3.8, 4) is 0 Å². The number of esters is 1. The molecule has 7 heteroatoms. The lowest BCUT2D eigenvalue weighted by molar-refractivity contribution is -0.140. The molecule has 0 saturated heterocycles. The van der Waals surface area contributed by atoms with E-state index in [1.54, 1.807) is 12.1 Å². The summed E-state index contributed by atoms with van der Waals surface area (Å²) in [5.41, 5.74) is 4.12. The molecule has 0 spiro atoms. The van der Waals surface area contributed by atoms with Gasteiger partial charge in [-0.1, -0.05) is 26.0 Å². The lowest BCUT2D eigenvalue weighted by Crippen LogP contribution is -2.32. The second-order valence-corrected chi connectivity index (χ2v) is 5.49. The number of benzene rings is 1. The summed E-state index contributed by atoms with van der Waals surface area (Å²) in [6.45, 7) is 3.77. The molecule has 0 aliphatic carbocycles. The van der Waals surface area contributed by atoms with Crippen LogP contribution in [0.2, 0.25) is 0 Å². The molecular weight excluding hydrogens is 298 g/mol. The van der Waals surface area contributed by atoms with Crippen LogP contribution in [0.5, 0.6) is 0 Å². The van der Waals surface area contributed by atoms with Gasteiger partial charge >= 0.3 is 5.97 Å². The minimum absolute atomic E-state index is 0.110. The van der Waals surface area contributed by atoms with Crippen LogP contribution in [0, 0.1) is 0 Å². The maximum Gasteiger partial charge on any atom is 0.355 e. The number of rotatable bonds is 5. The van der Waals surface area contributed by atoms with Crippen molar-refractivity contribution in [1.29, 1.82) is 0 Å². The molecule has 1 heterocycles. The monoisotopic (exact) mass is 317 g/mol. The standard InChI is InChI=1S/C16H19N3O4/c1-10(2)11-3-5-12(6-4-11)17-15(21)9-23-16(22)13-7-8-14(20)19-18-13/h3-6,10H,7-9H2,1-2H3,(H,17,21)(H,19,20). The van der Waals surface area contributed by atoms with Crippen LogP contribution in [0.15, 0.2) is 29.4 Å². The third kappa shape index (κ3) is 4.91. The fourth-order valence-electron chi connectivity index (χ4n) is 1.98. The van der Waals surface area contributed by atoms with Gasteiger partial charge in [-0.2, -0.15) is 5.10 Å². The Balaban J connectivity index is 1.80. The number of anilines is 1. The molecule has 23 heavy (non-hydrogen) atoms. The molecule has 0 saturated carbocycles. The van der Waals surface area contributed by atoms with Crippen LogP contribution in [0.4, 0.5) is 5.69 Å². The normalized spacial score (nSPS) is 14.0. The van der Waals surface area contributed by atoms with Gasteiger partial charge in [-0.25, -0.2) is 10.2 Å². The van der Waals surface area contributed by atoms with Crippen molar-refractivity contribution in [1.82, 2.24) is 5.43 Å². The maximum absolute atomic E-state index is 11.8. The Bertz CT molecular complexity index is 635. The summed E-state index contributed by atoms with van der Waals surface area (Å²) in [5, 5.41) is 6.26. The number of ether oxygens (including phenoxy) is 1. The van der Waals surface area contributed by atoms with Gasteiger partial charge in [0.1, 0.15) is 5.71 Å². The van der Waals surface area contributed by atoms with Crippen LogP contribution < -0.4 is 10.7 Å². The van der Waals surface area contributed by atoms with E-state index in [4.69, 9.17) is 4.74 Å². The Morgan fingerprint density at radius 2 is 1.96 bits per heavy atom. The topological polar surface area (TPSA) is 96.9 Å². The molecule has 2 amide bonds. The third-order valence-electron chi connectivity index (χ3n) is 3.34. The maximum atomic E-state index is 11.8. The molecule has 2 rings (SSSR count). The van der Waals surface area contributed by atoms with E-state index in [1.165, 1.54) is 5.56 Å². The average Bonchev–Trinajstić information content (AvgIpc) is 2.54. The van der Waals surface area contributed by atoms with Gasteiger partial charge in [0, 0.05) is 18.5 Å². The molecule has 1 aliphatic rings. The van der Waals surface area contributed by atoms with Crippen molar-refractivity contribution in [2.75, 3.05) is 11.9 Å². The highest BCUT2D eigenvalue weighted by Crippen LogP contribution is 2.17. The van der Waals surface area contributed by atoms with Gasteiger partial charge in [0.2, 0.25) is 5.91 Å². The van der Waals surface area contributed by atoms with E-state index in [1.807, 2.05) is 12.1 Å². The average molecular weight is 317 g/mol. The number of hydrazone groups is 1. The largest absolute Gasteiger partial charge is 0.451 e. The SMILES string of the molecule is CC(C)c1ccc(NC(=O)COC(=O)C2=NNC(=O)CC2)cc1. The summed E-state index contributed by atoms with van der Waals surface area (Å²) in [5.74, 6) is -0.965. The number of carbonyl (C=O) groups excluding carboxylic acids is 3. The molecule has 0 bridgehead atoms. The zero-order valence-corrected chi connectivity index (χ0v) is 13.1. The highest BCUT2D eigenvalue weighted by Gasteiger charge is 2.20. The molecule has 7 nitrogen and oxygen atoms in total. The van der Waals surface area contributed by atoms with Gasteiger partial charge in [-0.15, -0.1) is 0 Å². The van der Waals surface area contributed by atoms with Crippen molar-refractivity contribution >= 4 is 29.2 Å². The van der Waals surface area contributed by atoms with E-state index in [2.05, 4.69) is 29.7 Å². The summed E-state index contributed by atoms with van der Waals surface area (Å²) in [4.78, 5) is 34.4. The second-order valence-electron chi connectivity index (χ2n) is 5.49. The smallest absolute Gasteiger partial charge is 0.355 e. The number of carbonyl (C=O) groups is 3. The van der Waals surface area contributed by atoms with Crippen molar-refractivity contribution in [3.05, 3.63) is 29.8 Å². The van der Waals surface area contributed by atoms with Gasteiger partial charge in [-0.05, 0) is 23.6 Å². The Morgan fingerprint density at radius 3 is 2.52 bits per heavy atom. The van der Waals surface area contributed by atoms with E-state index in [-0.39, 0.29) is 24.5 Å². The molecule has 122 valence electrons. The van der Waals surface area contributed by atoms with E-state index >= 15 is 0 Å². The summed E-state index contributed by atoms with van der Waals surface area (Å²) in [6, 6.07) is 7.48. The van der Waals surface area contributed by atoms with E-state index < -0.39 is 18.5 Å². The summed E-state index contributed by atoms with van der Waals surface area (Å²) >= 11 is 0. The Hall–Kier alpha value is -2.70. The van der Waals surface area contributed by atoms with Gasteiger partial charge < -0.3 is 10.1 Å². The molecule has 1 aromatic carbocycles. The van der Waals surface area contributed by atoms with Crippen molar-refractivity contribution in [2.45, 2.75) is 32.6 Å². The zero-order chi connectivity index (χ0) is 16.8. The number of hydrogen-bond donors (Lipinski definition) is 2.